The molecule has 1 aromatic heterocycles. The van der Waals surface area contributed by atoms with E-state index in [0.717, 1.165) is 18.9 Å². The highest BCUT2D eigenvalue weighted by molar-refractivity contribution is 5.67. The standard InChI is InChI=1S/C12H21N5O2/c1-16(2)7-5-13-10-8-11(15-9-14-10)17(3)6-4-12(18)19/h8-9H,4-7H2,1-3H3,(H,18,19)(H,13,14,15). The van der Waals surface area contributed by atoms with Gasteiger partial charge < -0.3 is 20.2 Å². The van der Waals surface area contributed by atoms with E-state index in [2.05, 4.69) is 20.2 Å². The van der Waals surface area contributed by atoms with Gasteiger partial charge in [-0.25, -0.2) is 9.97 Å². The van der Waals surface area contributed by atoms with E-state index in [4.69, 9.17) is 5.11 Å². The molecule has 0 atom stereocenters. The Bertz CT molecular complexity index is 411. The SMILES string of the molecule is CN(C)CCNc1cc(N(C)CCC(=O)O)ncn1. The van der Waals surface area contributed by atoms with Crippen LogP contribution in [0.1, 0.15) is 6.42 Å². The maximum atomic E-state index is 10.5. The number of carbonyl (C=O) groups is 1. The lowest BCUT2D eigenvalue weighted by atomic mass is 10.4. The molecule has 7 heteroatoms. The zero-order valence-corrected chi connectivity index (χ0v) is 11.6. The van der Waals surface area contributed by atoms with Gasteiger partial charge >= 0.3 is 5.97 Å². The van der Waals surface area contributed by atoms with E-state index in [1.807, 2.05) is 27.2 Å². The molecule has 0 saturated carbocycles. The monoisotopic (exact) mass is 267 g/mol. The molecule has 0 aliphatic carbocycles. The van der Waals surface area contributed by atoms with Gasteiger partial charge in [0.05, 0.1) is 6.42 Å². The second-order valence-corrected chi connectivity index (χ2v) is 4.56. The number of carboxylic acids is 1. The van der Waals surface area contributed by atoms with Gasteiger partial charge in [-0.15, -0.1) is 0 Å². The Balaban J connectivity index is 2.53. The maximum Gasteiger partial charge on any atom is 0.305 e. The van der Waals surface area contributed by atoms with E-state index in [-0.39, 0.29) is 6.42 Å². The zero-order valence-electron chi connectivity index (χ0n) is 11.6. The smallest absolute Gasteiger partial charge is 0.305 e. The maximum absolute atomic E-state index is 10.5. The number of nitrogens with one attached hydrogen (secondary N) is 1. The minimum Gasteiger partial charge on any atom is -0.481 e. The molecule has 106 valence electrons. The number of nitrogens with zero attached hydrogens (tertiary/aromatic N) is 4. The van der Waals surface area contributed by atoms with Crippen molar-refractivity contribution < 1.29 is 9.90 Å². The molecule has 0 aromatic carbocycles. The van der Waals surface area contributed by atoms with Crippen molar-refractivity contribution in [2.45, 2.75) is 6.42 Å². The summed E-state index contributed by atoms with van der Waals surface area (Å²) < 4.78 is 0. The molecule has 1 aromatic rings. The van der Waals surface area contributed by atoms with E-state index in [9.17, 15) is 4.79 Å². The van der Waals surface area contributed by atoms with Gasteiger partial charge in [-0.1, -0.05) is 0 Å². The summed E-state index contributed by atoms with van der Waals surface area (Å²) in [6.07, 6.45) is 1.56. The van der Waals surface area contributed by atoms with Crippen LogP contribution in [0.15, 0.2) is 12.4 Å². The van der Waals surface area contributed by atoms with Gasteiger partial charge in [0.25, 0.3) is 0 Å². The van der Waals surface area contributed by atoms with Gasteiger partial charge in [0, 0.05) is 32.7 Å². The second-order valence-electron chi connectivity index (χ2n) is 4.56. The molecular weight excluding hydrogens is 246 g/mol. The van der Waals surface area contributed by atoms with Crippen LogP contribution in [0.25, 0.3) is 0 Å². The first-order valence-electron chi connectivity index (χ1n) is 6.12. The van der Waals surface area contributed by atoms with E-state index in [1.165, 1.54) is 6.33 Å². The van der Waals surface area contributed by atoms with Crippen LogP contribution in [-0.4, -0.2) is 66.7 Å². The summed E-state index contributed by atoms with van der Waals surface area (Å²) >= 11 is 0. The fourth-order valence-corrected chi connectivity index (χ4v) is 1.44. The predicted octanol–water partition coefficient (Wildman–Crippen LogP) is 0.361. The van der Waals surface area contributed by atoms with Crippen LogP contribution in [-0.2, 0) is 4.79 Å². The number of anilines is 2. The van der Waals surface area contributed by atoms with Crippen molar-refractivity contribution in [1.29, 1.82) is 0 Å². The Morgan fingerprint density at radius 1 is 1.32 bits per heavy atom. The van der Waals surface area contributed by atoms with Crippen LogP contribution in [0.5, 0.6) is 0 Å². The van der Waals surface area contributed by atoms with Gasteiger partial charge in [0.2, 0.25) is 0 Å². The number of aliphatic carboxylic acids is 1. The average molecular weight is 267 g/mol. The van der Waals surface area contributed by atoms with E-state index >= 15 is 0 Å². The summed E-state index contributed by atoms with van der Waals surface area (Å²) in [5.41, 5.74) is 0. The highest BCUT2D eigenvalue weighted by Crippen LogP contribution is 2.12. The summed E-state index contributed by atoms with van der Waals surface area (Å²) in [5, 5.41) is 11.9. The Morgan fingerprint density at radius 2 is 2.05 bits per heavy atom. The average Bonchev–Trinajstić information content (AvgIpc) is 2.36. The summed E-state index contributed by atoms with van der Waals surface area (Å²) in [5.74, 6) is 0.642. The summed E-state index contributed by atoms with van der Waals surface area (Å²) in [6, 6.07) is 1.82. The quantitative estimate of drug-likeness (QED) is 0.703. The normalized spacial score (nSPS) is 10.5. The fourth-order valence-electron chi connectivity index (χ4n) is 1.44. The molecule has 0 saturated heterocycles. The Morgan fingerprint density at radius 3 is 2.68 bits per heavy atom. The van der Waals surface area contributed by atoms with Gasteiger partial charge in [0.1, 0.15) is 18.0 Å². The molecule has 0 aliphatic rings. The Kier molecular flexibility index (Phi) is 6.01. The number of likely N-dealkylation sites (N-methyl/N-ethyl adjacent to an activating group) is 1. The lowest BCUT2D eigenvalue weighted by molar-refractivity contribution is -0.136. The Labute approximate surface area is 113 Å². The molecule has 0 radical (unpaired) electrons. The number of aromatic nitrogens is 2. The fraction of sp³-hybridized carbons (Fsp3) is 0.583. The van der Waals surface area contributed by atoms with Gasteiger partial charge in [-0.3, -0.25) is 4.79 Å². The van der Waals surface area contributed by atoms with Gasteiger partial charge in [-0.2, -0.15) is 0 Å². The molecule has 0 amide bonds. The number of carboxylic acid groups (broad SMARTS) is 1. The molecule has 0 spiro atoms. The summed E-state index contributed by atoms with van der Waals surface area (Å²) in [7, 11) is 5.83. The van der Waals surface area contributed by atoms with E-state index < -0.39 is 5.97 Å². The van der Waals surface area contributed by atoms with Crippen LogP contribution in [0.4, 0.5) is 11.6 Å². The van der Waals surface area contributed by atoms with Crippen molar-refractivity contribution in [3.8, 4) is 0 Å². The van der Waals surface area contributed by atoms with Crippen molar-refractivity contribution in [2.24, 2.45) is 0 Å². The van der Waals surface area contributed by atoms with Crippen LogP contribution in [0.2, 0.25) is 0 Å². The third kappa shape index (κ3) is 6.01. The molecular formula is C12H21N5O2. The van der Waals surface area contributed by atoms with Crippen LogP contribution < -0.4 is 10.2 Å². The lowest BCUT2D eigenvalue weighted by Gasteiger charge is -2.17. The molecule has 0 unspecified atom stereocenters. The summed E-state index contributed by atoms with van der Waals surface area (Å²) in [6.45, 7) is 2.12. The number of hydrogen-bond donors (Lipinski definition) is 2. The topological polar surface area (TPSA) is 81.6 Å². The van der Waals surface area contributed by atoms with Crippen molar-refractivity contribution >= 4 is 17.6 Å². The summed E-state index contributed by atoms with van der Waals surface area (Å²) in [4.78, 5) is 22.7. The largest absolute Gasteiger partial charge is 0.481 e. The molecule has 0 aliphatic heterocycles. The van der Waals surface area contributed by atoms with E-state index in [1.54, 1.807) is 4.90 Å². The molecule has 7 nitrogen and oxygen atoms in total. The first-order valence-corrected chi connectivity index (χ1v) is 6.12. The predicted molar refractivity (Wildman–Crippen MR) is 74.6 cm³/mol. The van der Waals surface area contributed by atoms with Crippen LogP contribution in [0.3, 0.4) is 0 Å². The minimum absolute atomic E-state index is 0.0872. The highest BCUT2D eigenvalue weighted by atomic mass is 16.4. The molecule has 2 N–H and O–H groups in total. The molecule has 1 rings (SSSR count). The Hall–Kier alpha value is -1.89. The van der Waals surface area contributed by atoms with Crippen LogP contribution in [0, 0.1) is 0 Å². The van der Waals surface area contributed by atoms with Crippen molar-refractivity contribution in [3.05, 3.63) is 12.4 Å². The van der Waals surface area contributed by atoms with Gasteiger partial charge in [-0.05, 0) is 14.1 Å². The first kappa shape index (κ1) is 15.2. The lowest BCUT2D eigenvalue weighted by Crippen LogP contribution is -2.23. The molecule has 0 fully saturated rings. The van der Waals surface area contributed by atoms with Crippen LogP contribution >= 0.6 is 0 Å². The highest BCUT2D eigenvalue weighted by Gasteiger charge is 2.06. The minimum atomic E-state index is -0.815. The van der Waals surface area contributed by atoms with Gasteiger partial charge in [0.15, 0.2) is 0 Å². The third-order valence-corrected chi connectivity index (χ3v) is 2.57. The zero-order chi connectivity index (χ0) is 14.3. The number of rotatable bonds is 8. The van der Waals surface area contributed by atoms with Crippen molar-refractivity contribution in [2.75, 3.05) is 51.0 Å². The van der Waals surface area contributed by atoms with Crippen molar-refractivity contribution in [1.82, 2.24) is 14.9 Å². The molecule has 19 heavy (non-hydrogen) atoms. The number of hydrogen-bond acceptors (Lipinski definition) is 6. The van der Waals surface area contributed by atoms with Crippen molar-refractivity contribution in [3.63, 3.8) is 0 Å². The first-order chi connectivity index (χ1) is 8.99. The molecule has 1 heterocycles. The third-order valence-electron chi connectivity index (χ3n) is 2.57. The van der Waals surface area contributed by atoms with E-state index in [0.29, 0.717) is 12.4 Å². The second kappa shape index (κ2) is 7.52. The molecule has 0 bridgehead atoms.